The second kappa shape index (κ2) is 7.56. The third-order valence-electron chi connectivity index (χ3n) is 3.26. The molecule has 2 aromatic rings. The van der Waals surface area contributed by atoms with Gasteiger partial charge >= 0.3 is 0 Å². The van der Waals surface area contributed by atoms with E-state index in [0.29, 0.717) is 10.7 Å². The number of rotatable bonds is 4. The smallest absolute Gasteiger partial charge is 0.255 e. The van der Waals surface area contributed by atoms with Crippen molar-refractivity contribution < 1.29 is 4.79 Å². The summed E-state index contributed by atoms with van der Waals surface area (Å²) in [5.41, 5.74) is 2.44. The molecule has 0 aliphatic carbocycles. The Morgan fingerprint density at radius 2 is 1.82 bits per heavy atom. The fraction of sp³-hybridized carbons (Fsp3) is 0.176. The van der Waals surface area contributed by atoms with Gasteiger partial charge in [-0.1, -0.05) is 30.3 Å². The standard InChI is InChI=1S/C17H19N3OS/c1-12(19-17(22)18-2)14-9-6-10-15(11-14)20-16(21)13-7-4-3-5-8-13/h3-12H,1-2H3,(H,20,21)(H2,18,19,22). The molecule has 0 aromatic heterocycles. The quantitative estimate of drug-likeness (QED) is 0.759. The SMILES string of the molecule is CNC(=S)NC(C)c1cccc(NC(=O)c2ccccc2)c1. The third kappa shape index (κ3) is 4.30. The maximum absolute atomic E-state index is 12.2. The number of hydrogen-bond donors (Lipinski definition) is 3. The highest BCUT2D eigenvalue weighted by Gasteiger charge is 2.09. The third-order valence-corrected chi connectivity index (χ3v) is 3.58. The fourth-order valence-corrected chi connectivity index (χ4v) is 2.21. The summed E-state index contributed by atoms with van der Waals surface area (Å²) < 4.78 is 0. The van der Waals surface area contributed by atoms with Crippen LogP contribution in [0.5, 0.6) is 0 Å². The van der Waals surface area contributed by atoms with Crippen molar-refractivity contribution in [2.75, 3.05) is 12.4 Å². The summed E-state index contributed by atoms with van der Waals surface area (Å²) in [6.07, 6.45) is 0. The first-order valence-corrected chi connectivity index (χ1v) is 7.45. The summed E-state index contributed by atoms with van der Waals surface area (Å²) in [6.45, 7) is 2.02. The molecule has 1 amide bonds. The largest absolute Gasteiger partial charge is 0.366 e. The summed E-state index contributed by atoms with van der Waals surface area (Å²) >= 11 is 5.11. The summed E-state index contributed by atoms with van der Waals surface area (Å²) in [5, 5.41) is 9.54. The molecule has 0 heterocycles. The van der Waals surface area contributed by atoms with Gasteiger partial charge in [0.2, 0.25) is 0 Å². The number of anilines is 1. The normalized spacial score (nSPS) is 11.4. The number of thiocarbonyl (C=S) groups is 1. The Hall–Kier alpha value is -2.40. The van der Waals surface area contributed by atoms with Crippen molar-refractivity contribution >= 4 is 28.9 Å². The molecule has 0 aliphatic heterocycles. The Labute approximate surface area is 135 Å². The molecule has 0 spiro atoms. The van der Waals surface area contributed by atoms with Crippen molar-refractivity contribution in [1.82, 2.24) is 10.6 Å². The molecular weight excluding hydrogens is 294 g/mol. The Morgan fingerprint density at radius 3 is 2.50 bits per heavy atom. The zero-order chi connectivity index (χ0) is 15.9. The van der Waals surface area contributed by atoms with Crippen LogP contribution in [-0.4, -0.2) is 18.1 Å². The molecule has 0 fully saturated rings. The van der Waals surface area contributed by atoms with E-state index in [1.807, 2.05) is 49.4 Å². The Morgan fingerprint density at radius 1 is 1.09 bits per heavy atom. The predicted octanol–water partition coefficient (Wildman–Crippen LogP) is 3.09. The monoisotopic (exact) mass is 313 g/mol. The van der Waals surface area contributed by atoms with E-state index in [1.165, 1.54) is 0 Å². The van der Waals surface area contributed by atoms with E-state index in [9.17, 15) is 4.79 Å². The van der Waals surface area contributed by atoms with Gasteiger partial charge in [-0.2, -0.15) is 0 Å². The van der Waals surface area contributed by atoms with Crippen LogP contribution in [0.25, 0.3) is 0 Å². The zero-order valence-corrected chi connectivity index (χ0v) is 13.4. The highest BCUT2D eigenvalue weighted by molar-refractivity contribution is 7.80. The molecule has 0 bridgehead atoms. The van der Waals surface area contributed by atoms with Crippen molar-refractivity contribution in [2.24, 2.45) is 0 Å². The van der Waals surface area contributed by atoms with Gasteiger partial charge in [0.1, 0.15) is 0 Å². The van der Waals surface area contributed by atoms with Crippen molar-refractivity contribution in [3.8, 4) is 0 Å². The molecule has 1 unspecified atom stereocenters. The second-order valence-electron chi connectivity index (χ2n) is 4.89. The van der Waals surface area contributed by atoms with Gasteiger partial charge in [0.05, 0.1) is 6.04 Å². The summed E-state index contributed by atoms with van der Waals surface area (Å²) in [4.78, 5) is 12.2. The van der Waals surface area contributed by atoms with E-state index >= 15 is 0 Å². The molecule has 2 rings (SSSR count). The van der Waals surface area contributed by atoms with E-state index in [1.54, 1.807) is 19.2 Å². The summed E-state index contributed by atoms with van der Waals surface area (Å²) in [6, 6.07) is 16.9. The summed E-state index contributed by atoms with van der Waals surface area (Å²) in [5.74, 6) is -0.121. The van der Waals surface area contributed by atoms with Crippen LogP contribution in [-0.2, 0) is 0 Å². The van der Waals surface area contributed by atoms with Gasteiger partial charge in [-0.05, 0) is 49.0 Å². The van der Waals surface area contributed by atoms with E-state index in [-0.39, 0.29) is 11.9 Å². The lowest BCUT2D eigenvalue weighted by molar-refractivity contribution is 0.102. The van der Waals surface area contributed by atoms with Crippen LogP contribution in [0, 0.1) is 0 Å². The van der Waals surface area contributed by atoms with Crippen LogP contribution in [0.4, 0.5) is 5.69 Å². The first kappa shape index (κ1) is 16.0. The number of amides is 1. The lowest BCUT2D eigenvalue weighted by Crippen LogP contribution is -2.34. The number of hydrogen-bond acceptors (Lipinski definition) is 2. The Kier molecular flexibility index (Phi) is 5.49. The Balaban J connectivity index is 2.08. The first-order valence-electron chi connectivity index (χ1n) is 7.04. The molecule has 22 heavy (non-hydrogen) atoms. The van der Waals surface area contributed by atoms with Crippen LogP contribution in [0.1, 0.15) is 28.9 Å². The van der Waals surface area contributed by atoms with E-state index in [2.05, 4.69) is 16.0 Å². The van der Waals surface area contributed by atoms with Crippen molar-refractivity contribution in [1.29, 1.82) is 0 Å². The molecule has 3 N–H and O–H groups in total. The maximum Gasteiger partial charge on any atom is 0.255 e. The molecule has 1 atom stereocenters. The number of benzene rings is 2. The molecule has 0 saturated carbocycles. The average Bonchev–Trinajstić information content (AvgIpc) is 2.55. The van der Waals surface area contributed by atoms with Gasteiger partial charge in [-0.25, -0.2) is 0 Å². The van der Waals surface area contributed by atoms with Gasteiger partial charge in [0.15, 0.2) is 5.11 Å². The fourth-order valence-electron chi connectivity index (χ4n) is 2.03. The van der Waals surface area contributed by atoms with Crippen molar-refractivity contribution in [2.45, 2.75) is 13.0 Å². The minimum absolute atomic E-state index is 0.0496. The number of carbonyl (C=O) groups excluding carboxylic acids is 1. The van der Waals surface area contributed by atoms with Gasteiger partial charge in [-0.15, -0.1) is 0 Å². The summed E-state index contributed by atoms with van der Waals surface area (Å²) in [7, 11) is 1.78. The highest BCUT2D eigenvalue weighted by atomic mass is 32.1. The van der Waals surface area contributed by atoms with E-state index in [4.69, 9.17) is 12.2 Å². The minimum atomic E-state index is -0.121. The number of nitrogens with one attached hydrogen (secondary N) is 3. The van der Waals surface area contributed by atoms with Crippen molar-refractivity contribution in [3.05, 3.63) is 65.7 Å². The highest BCUT2D eigenvalue weighted by Crippen LogP contribution is 2.18. The van der Waals surface area contributed by atoms with E-state index < -0.39 is 0 Å². The minimum Gasteiger partial charge on any atom is -0.366 e. The van der Waals surface area contributed by atoms with Crippen LogP contribution >= 0.6 is 12.2 Å². The molecule has 114 valence electrons. The number of carbonyl (C=O) groups is 1. The predicted molar refractivity (Wildman–Crippen MR) is 94.0 cm³/mol. The van der Waals surface area contributed by atoms with Gasteiger partial charge < -0.3 is 16.0 Å². The second-order valence-corrected chi connectivity index (χ2v) is 5.30. The molecule has 0 aliphatic rings. The lowest BCUT2D eigenvalue weighted by atomic mass is 10.1. The maximum atomic E-state index is 12.2. The van der Waals surface area contributed by atoms with Crippen LogP contribution in [0.15, 0.2) is 54.6 Å². The first-order chi connectivity index (χ1) is 10.6. The van der Waals surface area contributed by atoms with Crippen molar-refractivity contribution in [3.63, 3.8) is 0 Å². The van der Waals surface area contributed by atoms with E-state index in [0.717, 1.165) is 11.3 Å². The Bertz CT molecular complexity index is 658. The topological polar surface area (TPSA) is 53.2 Å². The van der Waals surface area contributed by atoms with Gasteiger partial charge in [-0.3, -0.25) is 4.79 Å². The van der Waals surface area contributed by atoms with Gasteiger partial charge in [0.25, 0.3) is 5.91 Å². The molecule has 4 nitrogen and oxygen atoms in total. The lowest BCUT2D eigenvalue weighted by Gasteiger charge is -2.17. The average molecular weight is 313 g/mol. The molecule has 0 radical (unpaired) electrons. The van der Waals surface area contributed by atoms with Crippen LogP contribution in [0.3, 0.4) is 0 Å². The zero-order valence-electron chi connectivity index (χ0n) is 12.6. The van der Waals surface area contributed by atoms with Crippen LogP contribution < -0.4 is 16.0 Å². The molecular formula is C17H19N3OS. The molecule has 0 saturated heterocycles. The van der Waals surface area contributed by atoms with Gasteiger partial charge in [0, 0.05) is 18.3 Å². The van der Waals surface area contributed by atoms with Crippen LogP contribution in [0.2, 0.25) is 0 Å². The molecule has 2 aromatic carbocycles. The molecule has 5 heteroatoms.